The van der Waals surface area contributed by atoms with E-state index >= 15 is 0 Å². The first-order chi connectivity index (χ1) is 17.5. The molecule has 1 amide bonds. The largest absolute Gasteiger partial charge is 0.507 e. The van der Waals surface area contributed by atoms with Crippen LogP contribution in [-0.2, 0) is 13.0 Å². The molecule has 3 N–H and O–H groups in total. The molecule has 0 fully saturated rings. The number of rotatable bonds is 10. The van der Waals surface area contributed by atoms with Gasteiger partial charge in [-0.05, 0) is 64.7 Å². The summed E-state index contributed by atoms with van der Waals surface area (Å²) in [5, 5.41) is 35.9. The number of nitrogens with one attached hydrogen (secondary N) is 1. The number of aromatic hydroxyl groups is 2. The number of hydrogen-bond acceptors (Lipinski definition) is 7. The highest BCUT2D eigenvalue weighted by molar-refractivity contribution is 5.96. The van der Waals surface area contributed by atoms with Gasteiger partial charge in [0.25, 0.3) is 5.91 Å². The molecule has 9 nitrogen and oxygen atoms in total. The Morgan fingerprint density at radius 2 is 1.83 bits per heavy atom. The van der Waals surface area contributed by atoms with Crippen LogP contribution in [0.5, 0.6) is 17.2 Å². The Balaban J connectivity index is 1.53. The number of unbranched alkanes of at least 4 members (excludes halogenated alkanes) is 1. The molecule has 1 heterocycles. The summed E-state index contributed by atoms with van der Waals surface area (Å²) < 4.78 is 6.87. The van der Waals surface area contributed by atoms with Crippen LogP contribution < -0.4 is 10.1 Å². The molecule has 0 atom stereocenters. The van der Waals surface area contributed by atoms with E-state index in [0.717, 1.165) is 24.2 Å². The number of nitrogens with zero attached hydrogens (tertiary/aromatic N) is 4. The Morgan fingerprint density at radius 1 is 1.03 bits per heavy atom. The van der Waals surface area contributed by atoms with E-state index in [4.69, 9.17) is 4.74 Å². The summed E-state index contributed by atoms with van der Waals surface area (Å²) >= 11 is 0. The molecule has 4 rings (SSSR count). The first-order valence-corrected chi connectivity index (χ1v) is 11.8. The van der Waals surface area contributed by atoms with Crippen LogP contribution in [0.15, 0.2) is 60.7 Å². The molecule has 3 aromatic carbocycles. The quantitative estimate of drug-likeness (QED) is 0.306. The average Bonchev–Trinajstić information content (AvgIpc) is 3.36. The van der Waals surface area contributed by atoms with Crippen LogP contribution in [0, 0.1) is 0 Å². The molecule has 36 heavy (non-hydrogen) atoms. The molecule has 0 saturated carbocycles. The number of aromatic nitrogens is 4. The van der Waals surface area contributed by atoms with E-state index in [1.807, 2.05) is 24.3 Å². The van der Waals surface area contributed by atoms with Crippen molar-refractivity contribution in [2.24, 2.45) is 0 Å². The van der Waals surface area contributed by atoms with Crippen molar-refractivity contribution in [1.82, 2.24) is 25.5 Å². The fraction of sp³-hybridized carbons (Fsp3) is 0.259. The Hall–Kier alpha value is -4.40. The number of phenolic OH excluding ortho intramolecular Hbond substituents is 2. The standard InChI is InChI=1S/C27H29N5O4/c1-3-4-13-32-26(29-30-31-32)23-16-22(24(33)17-25(23)34)19-8-6-9-20(15-19)27(35)28-12-11-18-7-5-10-21(14-18)36-2/h5-10,14-17,33-34H,3-4,11-13H2,1-2H3,(H,28,35). The molecule has 0 saturated heterocycles. The van der Waals surface area contributed by atoms with Gasteiger partial charge in [-0.1, -0.05) is 37.6 Å². The zero-order chi connectivity index (χ0) is 25.5. The van der Waals surface area contributed by atoms with Crippen molar-refractivity contribution in [3.8, 4) is 39.8 Å². The number of benzene rings is 3. The van der Waals surface area contributed by atoms with Gasteiger partial charge in [0.1, 0.15) is 17.2 Å². The second-order valence-electron chi connectivity index (χ2n) is 8.40. The monoisotopic (exact) mass is 487 g/mol. The van der Waals surface area contributed by atoms with Gasteiger partial charge in [0.2, 0.25) is 0 Å². The molecule has 9 heteroatoms. The van der Waals surface area contributed by atoms with Crippen LogP contribution in [0.25, 0.3) is 22.5 Å². The fourth-order valence-electron chi connectivity index (χ4n) is 3.92. The zero-order valence-electron chi connectivity index (χ0n) is 20.3. The predicted octanol–water partition coefficient (Wildman–Crippen LogP) is 4.20. The summed E-state index contributed by atoms with van der Waals surface area (Å²) in [6.07, 6.45) is 2.52. The lowest BCUT2D eigenvalue weighted by atomic mass is 9.98. The van der Waals surface area contributed by atoms with Crippen LogP contribution in [0.1, 0.15) is 35.7 Å². The van der Waals surface area contributed by atoms with E-state index in [1.165, 1.54) is 6.07 Å². The van der Waals surface area contributed by atoms with E-state index in [9.17, 15) is 15.0 Å². The van der Waals surface area contributed by atoms with Gasteiger partial charge in [-0.2, -0.15) is 0 Å². The number of amides is 1. The van der Waals surface area contributed by atoms with E-state index < -0.39 is 0 Å². The number of hydrogen-bond donors (Lipinski definition) is 3. The molecule has 186 valence electrons. The first-order valence-electron chi connectivity index (χ1n) is 11.8. The number of ether oxygens (including phenoxy) is 1. The average molecular weight is 488 g/mol. The van der Waals surface area contributed by atoms with Crippen molar-refractivity contribution < 1.29 is 19.7 Å². The lowest BCUT2D eigenvalue weighted by molar-refractivity contribution is 0.0954. The molecule has 0 radical (unpaired) electrons. The third kappa shape index (κ3) is 5.63. The summed E-state index contributed by atoms with van der Waals surface area (Å²) in [7, 11) is 1.62. The van der Waals surface area contributed by atoms with Crippen LogP contribution in [0.2, 0.25) is 0 Å². The molecule has 0 unspecified atom stereocenters. The number of aryl methyl sites for hydroxylation is 1. The van der Waals surface area contributed by atoms with Gasteiger partial charge in [0.05, 0.1) is 12.7 Å². The van der Waals surface area contributed by atoms with Crippen LogP contribution in [0.3, 0.4) is 0 Å². The molecule has 0 aliphatic carbocycles. The highest BCUT2D eigenvalue weighted by atomic mass is 16.5. The highest BCUT2D eigenvalue weighted by Crippen LogP contribution is 2.39. The first kappa shape index (κ1) is 24.7. The number of carbonyl (C=O) groups excluding carboxylic acids is 1. The third-order valence-corrected chi connectivity index (χ3v) is 5.88. The third-order valence-electron chi connectivity index (χ3n) is 5.88. The van der Waals surface area contributed by atoms with Crippen molar-refractivity contribution in [2.45, 2.75) is 32.7 Å². The predicted molar refractivity (Wildman–Crippen MR) is 136 cm³/mol. The van der Waals surface area contributed by atoms with E-state index in [-0.39, 0.29) is 17.4 Å². The van der Waals surface area contributed by atoms with Crippen molar-refractivity contribution in [2.75, 3.05) is 13.7 Å². The van der Waals surface area contributed by atoms with Gasteiger partial charge in [-0.3, -0.25) is 4.79 Å². The van der Waals surface area contributed by atoms with Gasteiger partial charge in [0.15, 0.2) is 5.82 Å². The molecule has 0 aliphatic rings. The van der Waals surface area contributed by atoms with E-state index in [0.29, 0.717) is 47.6 Å². The highest BCUT2D eigenvalue weighted by Gasteiger charge is 2.18. The summed E-state index contributed by atoms with van der Waals surface area (Å²) in [5.74, 6) is 0.726. The number of phenols is 2. The van der Waals surface area contributed by atoms with Crippen LogP contribution in [0.4, 0.5) is 0 Å². The van der Waals surface area contributed by atoms with Gasteiger partial charge in [-0.25, -0.2) is 4.68 Å². The molecular weight excluding hydrogens is 458 g/mol. The zero-order valence-corrected chi connectivity index (χ0v) is 20.3. The second kappa shape index (κ2) is 11.4. The number of tetrazole rings is 1. The van der Waals surface area contributed by atoms with Gasteiger partial charge < -0.3 is 20.3 Å². The Kier molecular flexibility index (Phi) is 7.79. The smallest absolute Gasteiger partial charge is 0.251 e. The van der Waals surface area contributed by atoms with Crippen molar-refractivity contribution >= 4 is 5.91 Å². The summed E-state index contributed by atoms with van der Waals surface area (Å²) in [6.45, 7) is 3.15. The van der Waals surface area contributed by atoms with E-state index in [1.54, 1.807) is 42.1 Å². The van der Waals surface area contributed by atoms with Crippen molar-refractivity contribution in [3.05, 3.63) is 71.8 Å². The normalized spacial score (nSPS) is 10.8. The summed E-state index contributed by atoms with van der Waals surface area (Å²) in [4.78, 5) is 12.8. The molecule has 0 bridgehead atoms. The van der Waals surface area contributed by atoms with Crippen molar-refractivity contribution in [3.63, 3.8) is 0 Å². The lowest BCUT2D eigenvalue weighted by Gasteiger charge is -2.12. The minimum absolute atomic E-state index is 0.112. The molecule has 0 aliphatic heterocycles. The second-order valence-corrected chi connectivity index (χ2v) is 8.40. The molecule has 1 aromatic heterocycles. The maximum absolute atomic E-state index is 12.8. The Bertz CT molecular complexity index is 1350. The van der Waals surface area contributed by atoms with Crippen molar-refractivity contribution in [1.29, 1.82) is 0 Å². The Labute approximate surface area is 209 Å². The minimum Gasteiger partial charge on any atom is -0.507 e. The topological polar surface area (TPSA) is 122 Å². The SMILES string of the molecule is CCCCn1nnnc1-c1cc(-c2cccc(C(=O)NCCc3cccc(OC)c3)c2)c(O)cc1O. The lowest BCUT2D eigenvalue weighted by Crippen LogP contribution is -2.25. The molecule has 4 aromatic rings. The summed E-state index contributed by atoms with van der Waals surface area (Å²) in [5.41, 5.74) is 3.00. The van der Waals surface area contributed by atoms with Gasteiger partial charge in [-0.15, -0.1) is 5.10 Å². The number of carbonyl (C=O) groups is 1. The fourth-order valence-corrected chi connectivity index (χ4v) is 3.92. The van der Waals surface area contributed by atoms with Crippen LogP contribution in [-0.4, -0.2) is 50.0 Å². The minimum atomic E-state index is -0.221. The maximum atomic E-state index is 12.8. The molecule has 0 spiro atoms. The maximum Gasteiger partial charge on any atom is 0.251 e. The molecular formula is C27H29N5O4. The van der Waals surface area contributed by atoms with Crippen LogP contribution >= 0.6 is 0 Å². The van der Waals surface area contributed by atoms with Gasteiger partial charge in [0, 0.05) is 30.3 Å². The van der Waals surface area contributed by atoms with Gasteiger partial charge >= 0.3 is 0 Å². The van der Waals surface area contributed by atoms with E-state index in [2.05, 4.69) is 27.8 Å². The Morgan fingerprint density at radius 3 is 2.64 bits per heavy atom. The summed E-state index contributed by atoms with van der Waals surface area (Å²) in [6, 6.07) is 17.6. The number of methoxy groups -OCH3 is 1.